The minimum absolute atomic E-state index is 0.206. The van der Waals surface area contributed by atoms with Crippen molar-refractivity contribution in [2.75, 3.05) is 13.3 Å². The summed E-state index contributed by atoms with van der Waals surface area (Å²) in [5.74, 6) is -0.759. The van der Waals surface area contributed by atoms with Crippen molar-refractivity contribution in [1.29, 1.82) is 0 Å². The highest BCUT2D eigenvalue weighted by Gasteiger charge is 2.03. The van der Waals surface area contributed by atoms with Gasteiger partial charge in [-0.25, -0.2) is 8.78 Å². The van der Waals surface area contributed by atoms with E-state index in [1.54, 1.807) is 0 Å². The van der Waals surface area contributed by atoms with Crippen LogP contribution in [0.25, 0.3) is 0 Å². The van der Waals surface area contributed by atoms with Gasteiger partial charge in [0.05, 0.1) is 13.3 Å². The molecule has 0 bridgehead atoms. The molecular formula is C26H30F4N2O2. The van der Waals surface area contributed by atoms with Crippen LogP contribution in [0.15, 0.2) is 85.0 Å². The number of carbonyl (C=O) groups excluding carboxylic acids is 2. The molecule has 0 unspecified atom stereocenters. The molecule has 4 nitrogen and oxygen atoms in total. The maximum atomic E-state index is 12.8. The minimum atomic E-state index is -1.40. The second kappa shape index (κ2) is 18.1. The molecule has 0 heterocycles. The topological polar surface area (TPSA) is 58.2 Å². The van der Waals surface area contributed by atoms with Gasteiger partial charge in [-0.05, 0) is 23.3 Å². The van der Waals surface area contributed by atoms with Crippen molar-refractivity contribution in [3.8, 4) is 0 Å². The highest BCUT2D eigenvalue weighted by atomic mass is 19.1. The maximum absolute atomic E-state index is 12.8. The Bertz CT molecular complexity index is 803. The van der Waals surface area contributed by atoms with Gasteiger partial charge in [-0.2, -0.15) is 0 Å². The molecule has 0 aliphatic carbocycles. The van der Waals surface area contributed by atoms with Gasteiger partial charge in [0.25, 0.3) is 0 Å². The summed E-state index contributed by atoms with van der Waals surface area (Å²) < 4.78 is 49.2. The molecule has 8 heteroatoms. The van der Waals surface area contributed by atoms with Crippen molar-refractivity contribution in [2.24, 2.45) is 0 Å². The Morgan fingerprint density at radius 3 is 1.35 bits per heavy atom. The molecule has 34 heavy (non-hydrogen) atoms. The van der Waals surface area contributed by atoms with Crippen molar-refractivity contribution >= 4 is 11.8 Å². The summed E-state index contributed by atoms with van der Waals surface area (Å²) in [7, 11) is 0. The lowest BCUT2D eigenvalue weighted by Crippen LogP contribution is -2.20. The van der Waals surface area contributed by atoms with Crippen molar-refractivity contribution < 1.29 is 27.2 Å². The van der Waals surface area contributed by atoms with E-state index >= 15 is 0 Å². The van der Waals surface area contributed by atoms with Gasteiger partial charge in [0.1, 0.15) is 12.3 Å². The highest BCUT2D eigenvalue weighted by molar-refractivity contribution is 5.87. The Kier molecular flexibility index (Phi) is 15.2. The van der Waals surface area contributed by atoms with E-state index in [1.807, 2.05) is 60.7 Å². The highest BCUT2D eigenvalue weighted by Crippen LogP contribution is 2.02. The van der Waals surface area contributed by atoms with E-state index in [4.69, 9.17) is 0 Å². The van der Waals surface area contributed by atoms with Crippen LogP contribution in [0.1, 0.15) is 24.0 Å². The van der Waals surface area contributed by atoms with Gasteiger partial charge in [-0.1, -0.05) is 60.7 Å². The summed E-state index contributed by atoms with van der Waals surface area (Å²) in [6.07, 6.45) is 1.13. The summed E-state index contributed by atoms with van der Waals surface area (Å²) >= 11 is 0. The Balaban J connectivity index is 0.000000340. The third-order valence-corrected chi connectivity index (χ3v) is 4.30. The van der Waals surface area contributed by atoms with Crippen LogP contribution in [0.2, 0.25) is 0 Å². The largest absolute Gasteiger partial charge is 0.348 e. The fourth-order valence-corrected chi connectivity index (χ4v) is 2.47. The zero-order valence-electron chi connectivity index (χ0n) is 18.8. The van der Waals surface area contributed by atoms with E-state index in [-0.39, 0.29) is 24.7 Å². The molecule has 2 amide bonds. The van der Waals surface area contributed by atoms with Gasteiger partial charge in [-0.3, -0.25) is 18.4 Å². The molecule has 184 valence electrons. The van der Waals surface area contributed by atoms with Crippen LogP contribution in [0.5, 0.6) is 0 Å². The first kappa shape index (κ1) is 28.6. The van der Waals surface area contributed by atoms with Gasteiger partial charge in [0, 0.05) is 38.1 Å². The van der Waals surface area contributed by atoms with E-state index in [2.05, 4.69) is 10.6 Å². The molecule has 2 rings (SSSR count). The molecule has 0 saturated carbocycles. The van der Waals surface area contributed by atoms with E-state index in [0.29, 0.717) is 13.1 Å². The summed E-state index contributed by atoms with van der Waals surface area (Å²) in [6.45, 7) is -0.664. The van der Waals surface area contributed by atoms with Gasteiger partial charge in [-0.15, -0.1) is 0 Å². The first-order valence-corrected chi connectivity index (χ1v) is 10.8. The second-order valence-corrected chi connectivity index (χ2v) is 7.11. The number of allylic oxidation sites excluding steroid dienone is 2. The van der Waals surface area contributed by atoms with E-state index < -0.39 is 25.7 Å². The van der Waals surface area contributed by atoms with Crippen LogP contribution in [0.4, 0.5) is 17.6 Å². The monoisotopic (exact) mass is 478 g/mol. The average Bonchev–Trinajstić information content (AvgIpc) is 2.86. The van der Waals surface area contributed by atoms with Gasteiger partial charge < -0.3 is 10.6 Å². The quantitative estimate of drug-likeness (QED) is 0.329. The number of nitrogens with one attached hydrogen (secondary N) is 2. The average molecular weight is 479 g/mol. The molecule has 0 spiro atoms. The molecule has 0 aliphatic rings. The fourth-order valence-electron chi connectivity index (χ4n) is 2.47. The molecule has 0 fully saturated rings. The van der Waals surface area contributed by atoms with Crippen LogP contribution in [0, 0.1) is 0 Å². The Morgan fingerprint density at radius 1 is 0.676 bits per heavy atom. The molecule has 0 aliphatic heterocycles. The molecule has 0 aromatic heterocycles. The normalized spacial score (nSPS) is 12.6. The summed E-state index contributed by atoms with van der Waals surface area (Å²) in [6, 6.07) is 18.8. The van der Waals surface area contributed by atoms with Crippen LogP contribution in [-0.2, 0) is 22.7 Å². The Hall–Kier alpha value is -3.42. The zero-order chi connectivity index (χ0) is 25.0. The number of carbonyl (C=O) groups is 2. The lowest BCUT2D eigenvalue weighted by atomic mass is 10.2. The minimum Gasteiger partial charge on any atom is -0.348 e. The van der Waals surface area contributed by atoms with Crippen molar-refractivity contribution in [1.82, 2.24) is 10.6 Å². The predicted octanol–water partition coefficient (Wildman–Crippen LogP) is 5.11. The first-order valence-electron chi connectivity index (χ1n) is 10.8. The number of hydrogen-bond donors (Lipinski definition) is 2. The van der Waals surface area contributed by atoms with E-state index in [0.717, 1.165) is 35.4 Å². The van der Waals surface area contributed by atoms with Crippen LogP contribution >= 0.6 is 0 Å². The number of alkyl halides is 4. The summed E-state index contributed by atoms with van der Waals surface area (Å²) in [5.41, 5.74) is 1.93. The van der Waals surface area contributed by atoms with Crippen molar-refractivity contribution in [3.05, 3.63) is 96.1 Å². The first-order chi connectivity index (χ1) is 16.4. The molecule has 2 aromatic carbocycles. The second-order valence-electron chi connectivity index (χ2n) is 7.11. The Labute approximate surface area is 197 Å². The molecule has 2 N–H and O–H groups in total. The standard InChI is InChI=1S/2C13H15F2NO/c2*14-9-8-12(15)6-7-13(17)16-10-11-4-2-1-3-5-11/h2*1-7,12H,8-10H2,(H,16,17)/b2*7-6+/t2*12-/m00/s1. The van der Waals surface area contributed by atoms with Gasteiger partial charge in [0.15, 0.2) is 0 Å². The number of halogens is 4. The number of hydrogen-bond acceptors (Lipinski definition) is 2. The van der Waals surface area contributed by atoms with Crippen LogP contribution < -0.4 is 10.6 Å². The van der Waals surface area contributed by atoms with Gasteiger partial charge >= 0.3 is 0 Å². The van der Waals surface area contributed by atoms with Gasteiger partial charge in [0.2, 0.25) is 11.8 Å². The molecule has 2 aromatic rings. The fraction of sp³-hybridized carbons (Fsp3) is 0.308. The smallest absolute Gasteiger partial charge is 0.244 e. The zero-order valence-corrected chi connectivity index (χ0v) is 18.8. The van der Waals surface area contributed by atoms with E-state index in [9.17, 15) is 27.2 Å². The molecule has 2 atom stereocenters. The lowest BCUT2D eigenvalue weighted by molar-refractivity contribution is -0.117. The third-order valence-electron chi connectivity index (χ3n) is 4.30. The van der Waals surface area contributed by atoms with Crippen LogP contribution in [-0.4, -0.2) is 37.5 Å². The number of amides is 2. The van der Waals surface area contributed by atoms with E-state index in [1.165, 1.54) is 0 Å². The summed E-state index contributed by atoms with van der Waals surface area (Å²) in [4.78, 5) is 22.5. The number of rotatable bonds is 12. The van der Waals surface area contributed by atoms with Crippen molar-refractivity contribution in [3.63, 3.8) is 0 Å². The Morgan fingerprint density at radius 2 is 1.03 bits per heavy atom. The van der Waals surface area contributed by atoms with Crippen molar-refractivity contribution in [2.45, 2.75) is 38.3 Å². The molecule has 0 radical (unpaired) electrons. The summed E-state index contributed by atoms with van der Waals surface area (Å²) in [5, 5.41) is 5.22. The molecule has 0 saturated heterocycles. The molecular weight excluding hydrogens is 448 g/mol. The SMILES string of the molecule is O=C(/C=C/[C@H](F)CCF)NCc1ccccc1.O=C(/C=C/[C@H](F)CCF)NCc1ccccc1. The third kappa shape index (κ3) is 14.6. The predicted molar refractivity (Wildman–Crippen MR) is 126 cm³/mol. The maximum Gasteiger partial charge on any atom is 0.244 e. The lowest BCUT2D eigenvalue weighted by Gasteiger charge is -2.02. The number of benzene rings is 2. The van der Waals surface area contributed by atoms with Crippen LogP contribution in [0.3, 0.4) is 0 Å².